The highest BCUT2D eigenvalue weighted by Crippen LogP contribution is 2.28. The first-order valence-corrected chi connectivity index (χ1v) is 9.44. The van der Waals surface area contributed by atoms with E-state index in [-0.39, 0.29) is 0 Å². The molecule has 0 saturated carbocycles. The molecule has 0 unspecified atom stereocenters. The number of aryl methyl sites for hydroxylation is 1. The molecule has 1 aliphatic heterocycles. The first-order chi connectivity index (χ1) is 14.9. The van der Waals surface area contributed by atoms with Crippen LogP contribution in [-0.4, -0.2) is 60.8 Å². The highest BCUT2D eigenvalue weighted by Gasteiger charge is 2.33. The number of nitrogens with one attached hydrogen (secondary N) is 1. The summed E-state index contributed by atoms with van der Waals surface area (Å²) in [5.41, 5.74) is 0.778. The van der Waals surface area contributed by atoms with E-state index in [4.69, 9.17) is 4.74 Å². The van der Waals surface area contributed by atoms with E-state index >= 15 is 0 Å². The van der Waals surface area contributed by atoms with Crippen LogP contribution in [0.4, 0.5) is 19.0 Å². The Morgan fingerprint density at radius 2 is 1.84 bits per heavy atom. The van der Waals surface area contributed by atoms with E-state index in [1.807, 2.05) is 17.9 Å². The molecule has 0 atom stereocenters. The largest absolute Gasteiger partial charge is 0.434 e. The number of hydrogen-bond acceptors (Lipinski definition) is 7. The van der Waals surface area contributed by atoms with E-state index in [0.717, 1.165) is 18.1 Å². The van der Waals surface area contributed by atoms with E-state index in [1.165, 1.54) is 10.6 Å². The van der Waals surface area contributed by atoms with Gasteiger partial charge in [0.05, 0.1) is 25.6 Å². The summed E-state index contributed by atoms with van der Waals surface area (Å²) in [6, 6.07) is 3.68. The average Bonchev–Trinajstić information content (AvgIpc) is 3.43. The molecule has 5 rings (SSSR count). The number of aromatic amines is 1. The zero-order valence-corrected chi connectivity index (χ0v) is 16.5. The van der Waals surface area contributed by atoms with Crippen LogP contribution < -0.4 is 4.90 Å². The Balaban J connectivity index is 0.000000334. The monoisotopic (exact) mass is 432 g/mol. The van der Waals surface area contributed by atoms with Gasteiger partial charge in [0.15, 0.2) is 17.2 Å². The summed E-state index contributed by atoms with van der Waals surface area (Å²) in [6.45, 7) is 4.58. The second kappa shape index (κ2) is 8.68. The Morgan fingerprint density at radius 3 is 2.48 bits per heavy atom. The standard InChI is InChI=1S/C15H13F3N6O.C4H6N2/c16-15(17,18)11-9-24-10(7-21-13(24)8-20-11)14-19-2-1-12(22-14)23-3-5-25-6-4-23;1-4-2-3-5-6-4/h1-2,7-9H,3-6H2;2-3H,1H3,(H,5,6). The normalized spacial score (nSPS) is 14.4. The summed E-state index contributed by atoms with van der Waals surface area (Å²) in [7, 11) is 0. The van der Waals surface area contributed by atoms with Crippen molar-refractivity contribution in [2.75, 3.05) is 31.2 Å². The maximum Gasteiger partial charge on any atom is 0.434 e. The minimum atomic E-state index is -4.54. The molecule has 1 saturated heterocycles. The Labute approximate surface area is 174 Å². The third-order valence-corrected chi connectivity index (χ3v) is 4.53. The Morgan fingerprint density at radius 1 is 1.03 bits per heavy atom. The zero-order chi connectivity index (χ0) is 21.8. The summed E-state index contributed by atoms with van der Waals surface area (Å²) in [5.74, 6) is 1.00. The van der Waals surface area contributed by atoms with Crippen LogP contribution in [0.5, 0.6) is 0 Å². The van der Waals surface area contributed by atoms with Gasteiger partial charge in [-0.15, -0.1) is 0 Å². The van der Waals surface area contributed by atoms with Gasteiger partial charge in [-0.1, -0.05) is 0 Å². The summed E-state index contributed by atoms with van der Waals surface area (Å²) in [6.07, 6.45) is 2.20. The minimum Gasteiger partial charge on any atom is -0.378 e. The molecule has 162 valence electrons. The van der Waals surface area contributed by atoms with Crippen LogP contribution in [0.3, 0.4) is 0 Å². The number of morpholine rings is 1. The Hall–Kier alpha value is -3.54. The molecule has 1 fully saturated rings. The van der Waals surface area contributed by atoms with Gasteiger partial charge in [0.1, 0.15) is 11.5 Å². The van der Waals surface area contributed by atoms with Crippen molar-refractivity contribution in [3.63, 3.8) is 0 Å². The average molecular weight is 432 g/mol. The lowest BCUT2D eigenvalue weighted by Gasteiger charge is -2.27. The molecule has 12 heteroatoms. The number of alkyl halides is 3. The summed E-state index contributed by atoms with van der Waals surface area (Å²) in [5, 5.41) is 6.45. The van der Waals surface area contributed by atoms with E-state index in [2.05, 4.69) is 30.1 Å². The van der Waals surface area contributed by atoms with Gasteiger partial charge < -0.3 is 9.64 Å². The molecule has 1 aliphatic rings. The van der Waals surface area contributed by atoms with Gasteiger partial charge in [0.2, 0.25) is 0 Å². The number of halogens is 3. The Kier molecular flexibility index (Phi) is 5.80. The molecular weight excluding hydrogens is 413 g/mol. The number of fused-ring (bicyclic) bond motifs is 1. The number of anilines is 1. The van der Waals surface area contributed by atoms with E-state index in [0.29, 0.717) is 49.3 Å². The van der Waals surface area contributed by atoms with Crippen LogP contribution in [0.1, 0.15) is 11.4 Å². The molecule has 31 heavy (non-hydrogen) atoms. The molecule has 0 aromatic carbocycles. The number of hydrogen-bond donors (Lipinski definition) is 1. The molecule has 4 aromatic heterocycles. The second-order valence-corrected chi connectivity index (χ2v) is 6.72. The highest BCUT2D eigenvalue weighted by atomic mass is 19.4. The van der Waals surface area contributed by atoms with Gasteiger partial charge in [-0.25, -0.2) is 19.9 Å². The highest BCUT2D eigenvalue weighted by molar-refractivity contribution is 5.58. The molecule has 0 bridgehead atoms. The van der Waals surface area contributed by atoms with Crippen molar-refractivity contribution in [3.8, 4) is 11.5 Å². The lowest BCUT2D eigenvalue weighted by molar-refractivity contribution is -0.141. The van der Waals surface area contributed by atoms with Crippen LogP contribution in [-0.2, 0) is 10.9 Å². The maximum atomic E-state index is 12.9. The van der Waals surface area contributed by atoms with E-state index in [1.54, 1.807) is 18.5 Å². The van der Waals surface area contributed by atoms with Crippen molar-refractivity contribution in [2.45, 2.75) is 13.1 Å². The first kappa shape index (κ1) is 20.7. The zero-order valence-electron chi connectivity index (χ0n) is 16.5. The molecule has 0 aliphatic carbocycles. The third kappa shape index (κ3) is 4.79. The number of ether oxygens (including phenoxy) is 1. The summed E-state index contributed by atoms with van der Waals surface area (Å²) in [4.78, 5) is 18.2. The van der Waals surface area contributed by atoms with Crippen LogP contribution in [0.15, 0.2) is 43.1 Å². The van der Waals surface area contributed by atoms with Crippen molar-refractivity contribution in [2.24, 2.45) is 0 Å². The fourth-order valence-electron chi connectivity index (χ4n) is 2.97. The van der Waals surface area contributed by atoms with Crippen LogP contribution in [0.25, 0.3) is 17.2 Å². The van der Waals surface area contributed by atoms with Crippen LogP contribution in [0.2, 0.25) is 0 Å². The van der Waals surface area contributed by atoms with Crippen molar-refractivity contribution in [1.29, 1.82) is 0 Å². The van der Waals surface area contributed by atoms with E-state index < -0.39 is 11.9 Å². The number of aromatic nitrogens is 7. The smallest absolute Gasteiger partial charge is 0.378 e. The van der Waals surface area contributed by atoms with Crippen molar-refractivity contribution >= 4 is 11.5 Å². The first-order valence-electron chi connectivity index (χ1n) is 9.44. The van der Waals surface area contributed by atoms with Gasteiger partial charge in [0, 0.05) is 37.4 Å². The third-order valence-electron chi connectivity index (χ3n) is 4.53. The number of rotatable bonds is 2. The molecule has 9 nitrogen and oxygen atoms in total. The molecular formula is C19H19F3N8O. The van der Waals surface area contributed by atoms with Gasteiger partial charge in [0.25, 0.3) is 0 Å². The SMILES string of the molecule is Cc1ccn[nH]1.FC(F)(F)c1cn2c(-c3nccc(N4CCOCC4)n3)cnc2cn1. The maximum absolute atomic E-state index is 12.9. The van der Waals surface area contributed by atoms with Gasteiger partial charge in [-0.05, 0) is 19.1 Å². The molecule has 0 amide bonds. The van der Waals surface area contributed by atoms with Crippen molar-refractivity contribution in [1.82, 2.24) is 34.5 Å². The predicted octanol–water partition coefficient (Wildman–Crippen LogP) is 2.76. The molecule has 0 spiro atoms. The molecule has 5 heterocycles. The van der Waals surface area contributed by atoms with Gasteiger partial charge in [-0.3, -0.25) is 9.50 Å². The topological polar surface area (TPSA) is 97.1 Å². The van der Waals surface area contributed by atoms with Crippen LogP contribution in [0, 0.1) is 6.92 Å². The number of nitrogens with zero attached hydrogens (tertiary/aromatic N) is 7. The molecule has 0 radical (unpaired) electrons. The van der Waals surface area contributed by atoms with Gasteiger partial charge >= 0.3 is 6.18 Å². The fourth-order valence-corrected chi connectivity index (χ4v) is 2.97. The summed E-state index contributed by atoms with van der Waals surface area (Å²) >= 11 is 0. The number of H-pyrrole nitrogens is 1. The minimum absolute atomic E-state index is 0.295. The molecule has 4 aromatic rings. The van der Waals surface area contributed by atoms with Crippen molar-refractivity contribution in [3.05, 3.63) is 54.5 Å². The molecule has 1 N–H and O–H groups in total. The second-order valence-electron chi connectivity index (χ2n) is 6.72. The lowest BCUT2D eigenvalue weighted by Crippen LogP contribution is -2.36. The fraction of sp³-hybridized carbons (Fsp3) is 0.316. The Bertz CT molecular complexity index is 1140. The summed E-state index contributed by atoms with van der Waals surface area (Å²) < 4.78 is 45.4. The van der Waals surface area contributed by atoms with E-state index in [9.17, 15) is 13.2 Å². The van der Waals surface area contributed by atoms with Gasteiger partial charge in [-0.2, -0.15) is 18.3 Å². The van der Waals surface area contributed by atoms with Crippen molar-refractivity contribution < 1.29 is 17.9 Å². The quantitative estimate of drug-likeness (QED) is 0.520. The predicted molar refractivity (Wildman–Crippen MR) is 105 cm³/mol. The lowest BCUT2D eigenvalue weighted by atomic mass is 10.3. The van der Waals surface area contributed by atoms with Crippen LogP contribution >= 0.6 is 0 Å². The number of imidazole rings is 1.